The Labute approximate surface area is 335 Å². The van der Waals surface area contributed by atoms with Gasteiger partial charge in [-0.05, 0) is 91.4 Å². The summed E-state index contributed by atoms with van der Waals surface area (Å²) in [6, 6.07) is 56.2. The number of rotatable bonds is 9. The van der Waals surface area contributed by atoms with Crippen molar-refractivity contribution in [3.63, 3.8) is 0 Å². The summed E-state index contributed by atoms with van der Waals surface area (Å²) < 4.78 is 76.8. The fourth-order valence-corrected chi connectivity index (χ4v) is 6.98. The molecular weight excluding hydrogens is 663 g/mol. The van der Waals surface area contributed by atoms with E-state index < -0.39 is 24.2 Å². The normalized spacial score (nSPS) is 12.9. The topological polar surface area (TPSA) is 3.24 Å². The standard InChI is InChI=1S/C54H39N/c1-5-16-40(17-6-1)42-28-30-43(31-29-42)45-34-38-49(39-35-45)55(48-36-32-44(33-37-48)41-18-7-2-8-19-41)53-27-15-26-51(47-22-11-4-12-23-47)54(53)52-25-14-13-24-50(52)46-20-9-3-10-21-46/h1-39H/i32D,33D,34D,35D,36D,37D,38D,39D. The van der Waals surface area contributed by atoms with Crippen LogP contribution in [0.25, 0.3) is 66.8 Å². The summed E-state index contributed by atoms with van der Waals surface area (Å²) in [5.41, 5.74) is 7.85. The fourth-order valence-electron chi connectivity index (χ4n) is 6.98. The molecule has 0 saturated heterocycles. The van der Waals surface area contributed by atoms with Crippen molar-refractivity contribution in [1.82, 2.24) is 0 Å². The van der Waals surface area contributed by atoms with E-state index in [4.69, 9.17) is 0 Å². The molecule has 0 bridgehead atoms. The average molecular weight is 710 g/mol. The van der Waals surface area contributed by atoms with Crippen LogP contribution in [0.4, 0.5) is 17.1 Å². The summed E-state index contributed by atoms with van der Waals surface area (Å²) in [7, 11) is 0. The second-order valence-corrected chi connectivity index (χ2v) is 13.1. The lowest BCUT2D eigenvalue weighted by Crippen LogP contribution is -2.12. The molecule has 9 aromatic rings. The van der Waals surface area contributed by atoms with Crippen molar-refractivity contribution in [2.75, 3.05) is 4.90 Å². The molecule has 9 aromatic carbocycles. The zero-order valence-corrected chi connectivity index (χ0v) is 29.8. The SMILES string of the molecule is [2H]c1c([2H])c(N(c2cccc(-c3ccccc3)c2-c2ccccc2-c2ccccc2)c2c([2H])c([2H])c(-c3ccc(-c4ccccc4)cc3)c([2H])c2[2H])c([2H])c([2H])c1-c1ccccc1. The summed E-state index contributed by atoms with van der Waals surface area (Å²) in [5, 5.41) is 0. The van der Waals surface area contributed by atoms with Crippen LogP contribution in [-0.2, 0) is 0 Å². The van der Waals surface area contributed by atoms with Gasteiger partial charge in [0.1, 0.15) is 0 Å². The van der Waals surface area contributed by atoms with Crippen LogP contribution in [0, 0.1) is 0 Å². The van der Waals surface area contributed by atoms with Crippen molar-refractivity contribution >= 4 is 17.1 Å². The van der Waals surface area contributed by atoms with E-state index in [0.29, 0.717) is 22.4 Å². The number of benzene rings is 9. The first kappa shape index (κ1) is 25.7. The molecule has 9 rings (SSSR count). The van der Waals surface area contributed by atoms with Crippen molar-refractivity contribution in [2.24, 2.45) is 0 Å². The Kier molecular flexibility index (Phi) is 7.20. The summed E-state index contributed by atoms with van der Waals surface area (Å²) in [4.78, 5) is 1.42. The first-order valence-electron chi connectivity index (χ1n) is 22.2. The zero-order chi connectivity index (χ0) is 43.8. The van der Waals surface area contributed by atoms with Gasteiger partial charge in [-0.15, -0.1) is 0 Å². The molecule has 0 spiro atoms. The molecule has 0 N–H and O–H groups in total. The van der Waals surface area contributed by atoms with Gasteiger partial charge >= 0.3 is 0 Å². The Morgan fingerprint density at radius 3 is 1.09 bits per heavy atom. The monoisotopic (exact) mass is 709 g/mol. The van der Waals surface area contributed by atoms with E-state index in [1.807, 2.05) is 146 Å². The van der Waals surface area contributed by atoms with Crippen molar-refractivity contribution in [3.8, 4) is 66.8 Å². The van der Waals surface area contributed by atoms with E-state index in [9.17, 15) is 11.0 Å². The lowest BCUT2D eigenvalue weighted by molar-refractivity contribution is 1.28. The minimum absolute atomic E-state index is 0.0972. The van der Waals surface area contributed by atoms with E-state index in [1.54, 1.807) is 42.5 Å². The largest absolute Gasteiger partial charge is 0.310 e. The first-order valence-corrected chi connectivity index (χ1v) is 18.2. The molecule has 0 fully saturated rings. The fraction of sp³-hybridized carbons (Fsp3) is 0. The van der Waals surface area contributed by atoms with E-state index in [-0.39, 0.29) is 46.7 Å². The Hall–Kier alpha value is -7.22. The van der Waals surface area contributed by atoms with E-state index in [1.165, 1.54) is 4.90 Å². The lowest BCUT2D eigenvalue weighted by Gasteiger charge is -2.30. The molecule has 55 heavy (non-hydrogen) atoms. The zero-order valence-electron chi connectivity index (χ0n) is 37.8. The number of anilines is 3. The maximum Gasteiger partial charge on any atom is 0.0645 e. The van der Waals surface area contributed by atoms with Gasteiger partial charge in [0.05, 0.1) is 16.7 Å². The van der Waals surface area contributed by atoms with Gasteiger partial charge in [-0.25, -0.2) is 0 Å². The molecule has 1 nitrogen and oxygen atoms in total. The minimum atomic E-state index is -0.408. The van der Waals surface area contributed by atoms with Crippen LogP contribution in [0.15, 0.2) is 236 Å². The van der Waals surface area contributed by atoms with Gasteiger partial charge in [0.15, 0.2) is 0 Å². The molecule has 260 valence electrons. The second-order valence-electron chi connectivity index (χ2n) is 13.1. The number of hydrogen-bond acceptors (Lipinski definition) is 1. The quantitative estimate of drug-likeness (QED) is 0.144. The van der Waals surface area contributed by atoms with Crippen molar-refractivity contribution < 1.29 is 11.0 Å². The Morgan fingerprint density at radius 1 is 0.255 bits per heavy atom. The summed E-state index contributed by atoms with van der Waals surface area (Å²) in [6.45, 7) is 0. The molecule has 0 heterocycles. The molecule has 0 amide bonds. The molecule has 0 aliphatic carbocycles. The van der Waals surface area contributed by atoms with Gasteiger partial charge in [0.2, 0.25) is 0 Å². The van der Waals surface area contributed by atoms with Crippen molar-refractivity contribution in [2.45, 2.75) is 0 Å². The van der Waals surface area contributed by atoms with Gasteiger partial charge in [0.25, 0.3) is 0 Å². The maximum absolute atomic E-state index is 9.77. The highest BCUT2D eigenvalue weighted by molar-refractivity contribution is 6.01. The van der Waals surface area contributed by atoms with E-state index in [2.05, 4.69) is 0 Å². The van der Waals surface area contributed by atoms with Gasteiger partial charge in [0, 0.05) is 16.9 Å². The van der Waals surface area contributed by atoms with Crippen LogP contribution in [0.3, 0.4) is 0 Å². The smallest absolute Gasteiger partial charge is 0.0645 e. The van der Waals surface area contributed by atoms with Gasteiger partial charge < -0.3 is 4.90 Å². The van der Waals surface area contributed by atoms with Crippen LogP contribution in [0.2, 0.25) is 0 Å². The molecule has 0 radical (unpaired) electrons. The molecule has 0 aliphatic heterocycles. The van der Waals surface area contributed by atoms with Crippen LogP contribution < -0.4 is 4.90 Å². The van der Waals surface area contributed by atoms with Crippen LogP contribution in [0.1, 0.15) is 11.0 Å². The highest BCUT2D eigenvalue weighted by Crippen LogP contribution is 2.48. The van der Waals surface area contributed by atoms with E-state index >= 15 is 0 Å². The molecule has 0 saturated carbocycles. The molecule has 0 atom stereocenters. The maximum atomic E-state index is 9.77. The summed E-state index contributed by atoms with van der Waals surface area (Å²) in [6.07, 6.45) is 0. The van der Waals surface area contributed by atoms with Crippen LogP contribution in [-0.4, -0.2) is 0 Å². The van der Waals surface area contributed by atoms with Crippen molar-refractivity contribution in [3.05, 3.63) is 236 Å². The van der Waals surface area contributed by atoms with Crippen molar-refractivity contribution in [1.29, 1.82) is 0 Å². The van der Waals surface area contributed by atoms with Crippen LogP contribution >= 0.6 is 0 Å². The molecular formula is C54H39N. The molecule has 1 heteroatoms. The molecule has 0 aromatic heterocycles. The van der Waals surface area contributed by atoms with E-state index in [0.717, 1.165) is 38.9 Å². The predicted octanol–water partition coefficient (Wildman–Crippen LogP) is 15.2. The summed E-state index contributed by atoms with van der Waals surface area (Å²) in [5.74, 6) is 0. The third-order valence-electron chi connectivity index (χ3n) is 9.66. The Bertz CT molecular complexity index is 3060. The number of nitrogens with zero attached hydrogens (tertiary/aromatic N) is 1. The molecule has 0 unspecified atom stereocenters. The first-order chi connectivity index (χ1) is 30.7. The predicted molar refractivity (Wildman–Crippen MR) is 234 cm³/mol. The highest BCUT2D eigenvalue weighted by Gasteiger charge is 2.23. The second kappa shape index (κ2) is 15.4. The minimum Gasteiger partial charge on any atom is -0.310 e. The van der Waals surface area contributed by atoms with Gasteiger partial charge in [-0.3, -0.25) is 0 Å². The Morgan fingerprint density at radius 2 is 0.600 bits per heavy atom. The lowest BCUT2D eigenvalue weighted by atomic mass is 9.87. The third-order valence-corrected chi connectivity index (χ3v) is 9.66. The third kappa shape index (κ3) is 7.00. The summed E-state index contributed by atoms with van der Waals surface area (Å²) >= 11 is 0. The van der Waals surface area contributed by atoms with Gasteiger partial charge in [-0.1, -0.05) is 206 Å². The number of hydrogen-bond donors (Lipinski definition) is 0. The average Bonchev–Trinajstić information content (AvgIpc) is 3.33. The van der Waals surface area contributed by atoms with Crippen LogP contribution in [0.5, 0.6) is 0 Å². The Balaban J connectivity index is 1.38. The molecule has 0 aliphatic rings. The van der Waals surface area contributed by atoms with Gasteiger partial charge in [-0.2, -0.15) is 0 Å². The highest BCUT2D eigenvalue weighted by atomic mass is 15.1.